The Kier molecular flexibility index (Phi) is 5.73. The molecule has 0 heterocycles. The van der Waals surface area contributed by atoms with Gasteiger partial charge in [0.15, 0.2) is 0 Å². The first-order chi connectivity index (χ1) is 8.31. The van der Waals surface area contributed by atoms with E-state index in [-0.39, 0.29) is 5.56 Å². The Balaban J connectivity index is 2.81. The highest BCUT2D eigenvalue weighted by Crippen LogP contribution is 2.29. The third-order valence-electron chi connectivity index (χ3n) is 2.94. The lowest BCUT2D eigenvalue weighted by molar-refractivity contribution is 0.377. The van der Waals surface area contributed by atoms with Crippen molar-refractivity contribution in [2.24, 2.45) is 17.6 Å². The van der Waals surface area contributed by atoms with E-state index in [0.29, 0.717) is 22.7 Å². The van der Waals surface area contributed by atoms with Crippen LogP contribution in [-0.2, 0) is 0 Å². The molecule has 0 aliphatic carbocycles. The summed E-state index contributed by atoms with van der Waals surface area (Å²) < 4.78 is 27.8. The molecule has 4 heteroatoms. The van der Waals surface area contributed by atoms with Crippen LogP contribution in [0, 0.1) is 23.5 Å². The van der Waals surface area contributed by atoms with Gasteiger partial charge in [0.25, 0.3) is 0 Å². The zero-order valence-electron chi connectivity index (χ0n) is 11.0. The highest BCUT2D eigenvalue weighted by atomic mass is 79.9. The van der Waals surface area contributed by atoms with Gasteiger partial charge in [-0.15, -0.1) is 0 Å². The van der Waals surface area contributed by atoms with Crippen LogP contribution in [0.5, 0.6) is 0 Å². The van der Waals surface area contributed by atoms with Crippen LogP contribution in [0.25, 0.3) is 0 Å². The standard InChI is InChI=1S/C14H20BrF2N/c1-8(2)4-9(3)5-13(18)14-11(16)6-10(15)7-12(14)17/h6-9,13H,4-5,18H2,1-3H3. The Labute approximate surface area is 116 Å². The van der Waals surface area contributed by atoms with Crippen molar-refractivity contribution < 1.29 is 8.78 Å². The second-order valence-electron chi connectivity index (χ2n) is 5.36. The fourth-order valence-corrected chi connectivity index (χ4v) is 2.76. The van der Waals surface area contributed by atoms with Crippen LogP contribution in [0.15, 0.2) is 16.6 Å². The van der Waals surface area contributed by atoms with Gasteiger partial charge in [-0.25, -0.2) is 8.78 Å². The Morgan fingerprint density at radius 1 is 1.11 bits per heavy atom. The van der Waals surface area contributed by atoms with Crippen molar-refractivity contribution in [1.82, 2.24) is 0 Å². The van der Waals surface area contributed by atoms with Gasteiger partial charge in [0.1, 0.15) is 11.6 Å². The molecule has 0 saturated heterocycles. The molecular formula is C14H20BrF2N. The lowest BCUT2D eigenvalue weighted by Gasteiger charge is -2.20. The van der Waals surface area contributed by atoms with E-state index in [4.69, 9.17) is 5.73 Å². The molecule has 18 heavy (non-hydrogen) atoms. The van der Waals surface area contributed by atoms with Gasteiger partial charge in [0.2, 0.25) is 0 Å². The zero-order valence-corrected chi connectivity index (χ0v) is 12.6. The lowest BCUT2D eigenvalue weighted by Crippen LogP contribution is -2.18. The molecule has 0 amide bonds. The molecule has 102 valence electrons. The van der Waals surface area contributed by atoms with Gasteiger partial charge in [-0.2, -0.15) is 0 Å². The van der Waals surface area contributed by atoms with E-state index in [2.05, 4.69) is 36.7 Å². The average Bonchev–Trinajstić information content (AvgIpc) is 2.12. The molecule has 0 radical (unpaired) electrons. The molecule has 1 nitrogen and oxygen atoms in total. The maximum absolute atomic E-state index is 13.7. The van der Waals surface area contributed by atoms with Crippen LogP contribution in [0.3, 0.4) is 0 Å². The van der Waals surface area contributed by atoms with Crippen LogP contribution in [-0.4, -0.2) is 0 Å². The number of benzene rings is 1. The number of rotatable bonds is 5. The largest absolute Gasteiger partial charge is 0.324 e. The van der Waals surface area contributed by atoms with Crippen molar-refractivity contribution in [3.63, 3.8) is 0 Å². The van der Waals surface area contributed by atoms with Crippen LogP contribution in [0.1, 0.15) is 45.2 Å². The summed E-state index contributed by atoms with van der Waals surface area (Å²) in [6.07, 6.45) is 1.60. The lowest BCUT2D eigenvalue weighted by atomic mass is 9.90. The fourth-order valence-electron chi connectivity index (χ4n) is 2.36. The molecule has 1 rings (SSSR count). The molecule has 0 aliphatic rings. The van der Waals surface area contributed by atoms with Crippen LogP contribution in [0.2, 0.25) is 0 Å². The minimum absolute atomic E-state index is 0.00574. The third-order valence-corrected chi connectivity index (χ3v) is 3.40. The SMILES string of the molecule is CC(C)CC(C)CC(N)c1c(F)cc(Br)cc1F. The third kappa shape index (κ3) is 4.32. The van der Waals surface area contributed by atoms with Gasteiger partial charge in [0, 0.05) is 16.1 Å². The molecule has 0 saturated carbocycles. The van der Waals surface area contributed by atoms with Crippen molar-refractivity contribution in [1.29, 1.82) is 0 Å². The molecule has 2 atom stereocenters. The van der Waals surface area contributed by atoms with Crippen molar-refractivity contribution in [3.05, 3.63) is 33.8 Å². The molecule has 2 N–H and O–H groups in total. The van der Waals surface area contributed by atoms with E-state index in [1.54, 1.807) is 0 Å². The summed E-state index contributed by atoms with van der Waals surface area (Å²) in [4.78, 5) is 0. The summed E-state index contributed by atoms with van der Waals surface area (Å²) in [7, 11) is 0. The van der Waals surface area contributed by atoms with Gasteiger partial charge in [0.05, 0.1) is 0 Å². The fraction of sp³-hybridized carbons (Fsp3) is 0.571. The van der Waals surface area contributed by atoms with Crippen molar-refractivity contribution in [2.75, 3.05) is 0 Å². The predicted octanol–water partition coefficient (Wildman–Crippen LogP) is 4.80. The van der Waals surface area contributed by atoms with Gasteiger partial charge in [-0.3, -0.25) is 0 Å². The van der Waals surface area contributed by atoms with E-state index in [1.807, 2.05) is 0 Å². The normalized spacial score (nSPS) is 14.9. The maximum Gasteiger partial charge on any atom is 0.132 e. The Bertz CT molecular complexity index is 384. The van der Waals surface area contributed by atoms with Crippen molar-refractivity contribution in [2.45, 2.75) is 39.7 Å². The Morgan fingerprint density at radius 2 is 1.61 bits per heavy atom. The van der Waals surface area contributed by atoms with Gasteiger partial charge in [-0.05, 0) is 36.8 Å². The first-order valence-corrected chi connectivity index (χ1v) is 7.00. The zero-order chi connectivity index (χ0) is 13.9. The van der Waals surface area contributed by atoms with Crippen LogP contribution in [0.4, 0.5) is 8.78 Å². The summed E-state index contributed by atoms with van der Waals surface area (Å²) >= 11 is 3.06. The summed E-state index contributed by atoms with van der Waals surface area (Å²) in [6, 6.07) is 1.92. The Morgan fingerprint density at radius 3 is 2.06 bits per heavy atom. The van der Waals surface area contributed by atoms with E-state index >= 15 is 0 Å². The number of nitrogens with two attached hydrogens (primary N) is 1. The van der Waals surface area contributed by atoms with Crippen LogP contribution < -0.4 is 5.73 Å². The predicted molar refractivity (Wildman–Crippen MR) is 74.2 cm³/mol. The molecule has 2 unspecified atom stereocenters. The first kappa shape index (κ1) is 15.6. The quantitative estimate of drug-likeness (QED) is 0.828. The molecule has 1 aromatic carbocycles. The second kappa shape index (κ2) is 6.62. The summed E-state index contributed by atoms with van der Waals surface area (Å²) in [5.41, 5.74) is 5.92. The molecule has 1 aromatic rings. The number of halogens is 3. The van der Waals surface area contributed by atoms with E-state index < -0.39 is 17.7 Å². The highest BCUT2D eigenvalue weighted by Gasteiger charge is 2.20. The minimum atomic E-state index is -0.591. The van der Waals surface area contributed by atoms with Crippen molar-refractivity contribution >= 4 is 15.9 Å². The molecule has 0 spiro atoms. The van der Waals surface area contributed by atoms with Crippen LogP contribution >= 0.6 is 15.9 Å². The van der Waals surface area contributed by atoms with E-state index in [0.717, 1.165) is 6.42 Å². The number of hydrogen-bond donors (Lipinski definition) is 1. The summed E-state index contributed by atoms with van der Waals surface area (Å²) in [6.45, 7) is 6.32. The summed E-state index contributed by atoms with van der Waals surface area (Å²) in [5, 5.41) is 0. The van der Waals surface area contributed by atoms with Gasteiger partial charge >= 0.3 is 0 Å². The molecule has 0 fully saturated rings. The molecule has 0 bridgehead atoms. The first-order valence-electron chi connectivity index (χ1n) is 6.21. The maximum atomic E-state index is 13.7. The summed E-state index contributed by atoms with van der Waals surface area (Å²) in [5.74, 6) is -0.244. The second-order valence-corrected chi connectivity index (χ2v) is 6.28. The smallest absolute Gasteiger partial charge is 0.132 e. The molecular weight excluding hydrogens is 300 g/mol. The Hall–Kier alpha value is -0.480. The van der Waals surface area contributed by atoms with Gasteiger partial charge in [-0.1, -0.05) is 36.7 Å². The molecule has 0 aromatic heterocycles. The average molecular weight is 320 g/mol. The molecule has 0 aliphatic heterocycles. The van der Waals surface area contributed by atoms with Crippen molar-refractivity contribution in [3.8, 4) is 0 Å². The minimum Gasteiger partial charge on any atom is -0.324 e. The number of hydrogen-bond acceptors (Lipinski definition) is 1. The van der Waals surface area contributed by atoms with E-state index in [1.165, 1.54) is 12.1 Å². The highest BCUT2D eigenvalue weighted by molar-refractivity contribution is 9.10. The topological polar surface area (TPSA) is 26.0 Å². The van der Waals surface area contributed by atoms with Gasteiger partial charge < -0.3 is 5.73 Å². The monoisotopic (exact) mass is 319 g/mol. The van der Waals surface area contributed by atoms with E-state index in [9.17, 15) is 8.78 Å².